The Bertz CT molecular complexity index is 885. The van der Waals surface area contributed by atoms with Gasteiger partial charge < -0.3 is 9.80 Å². The number of aromatic nitrogens is 4. The van der Waals surface area contributed by atoms with Crippen molar-refractivity contribution in [2.75, 3.05) is 32.7 Å². The lowest BCUT2D eigenvalue weighted by Gasteiger charge is -2.33. The summed E-state index contributed by atoms with van der Waals surface area (Å²) in [4.78, 5) is 44.0. The lowest BCUT2D eigenvalue weighted by molar-refractivity contribution is -0.659. The highest BCUT2D eigenvalue weighted by molar-refractivity contribution is 5.75. The molecule has 1 amide bonds. The highest BCUT2D eigenvalue weighted by Gasteiger charge is 2.25. The molecule has 0 spiro atoms. The van der Waals surface area contributed by atoms with Crippen LogP contribution in [0.3, 0.4) is 0 Å². The Labute approximate surface area is 138 Å². The first-order valence-electron chi connectivity index (χ1n) is 8.10. The molecule has 0 saturated carbocycles. The lowest BCUT2D eigenvalue weighted by atomic mass is 10.3. The average molecular weight is 335 g/mol. The second kappa shape index (κ2) is 6.23. The lowest BCUT2D eigenvalue weighted by Crippen LogP contribution is -2.53. The Balaban J connectivity index is 1.88. The van der Waals surface area contributed by atoms with Crippen LogP contribution in [0.2, 0.25) is 0 Å². The minimum absolute atomic E-state index is 0.0208. The Kier molecular flexibility index (Phi) is 4.27. The molecule has 1 aliphatic heterocycles. The van der Waals surface area contributed by atoms with Crippen molar-refractivity contribution < 1.29 is 9.36 Å². The molecule has 1 saturated heterocycles. The number of piperazine rings is 1. The maximum absolute atomic E-state index is 12.5. The second-order valence-corrected chi connectivity index (χ2v) is 6.12. The molecule has 9 nitrogen and oxygen atoms in total. The molecule has 9 heteroatoms. The average Bonchev–Trinajstić information content (AvgIpc) is 3.01. The summed E-state index contributed by atoms with van der Waals surface area (Å²) in [5, 5.41) is 0. The molecule has 2 aromatic heterocycles. The number of amides is 1. The molecule has 1 aliphatic rings. The third-order valence-corrected chi connectivity index (χ3v) is 4.76. The van der Waals surface area contributed by atoms with Crippen LogP contribution in [-0.4, -0.2) is 62.5 Å². The fourth-order valence-electron chi connectivity index (χ4n) is 3.14. The standard InChI is InChI=1S/C15H22N6O3/c1-4-19-5-7-20(8-6-19)11(22)9-21-10-16-13-12(21)14(23)18(3)15(24)17(13)2/h10H,4-9H2,1-3H3/p+1. The van der Waals surface area contributed by atoms with E-state index in [0.717, 1.165) is 24.2 Å². The van der Waals surface area contributed by atoms with E-state index in [9.17, 15) is 14.4 Å². The van der Waals surface area contributed by atoms with Crippen molar-refractivity contribution in [1.82, 2.24) is 23.9 Å². The third-order valence-electron chi connectivity index (χ3n) is 4.76. The van der Waals surface area contributed by atoms with E-state index in [1.807, 2.05) is 4.90 Å². The van der Waals surface area contributed by atoms with Gasteiger partial charge in [-0.15, -0.1) is 0 Å². The van der Waals surface area contributed by atoms with E-state index in [2.05, 4.69) is 16.8 Å². The summed E-state index contributed by atoms with van der Waals surface area (Å²) < 4.78 is 4.01. The van der Waals surface area contributed by atoms with E-state index >= 15 is 0 Å². The van der Waals surface area contributed by atoms with Gasteiger partial charge in [-0.05, 0) is 6.54 Å². The molecule has 0 bridgehead atoms. The second-order valence-electron chi connectivity index (χ2n) is 6.12. The summed E-state index contributed by atoms with van der Waals surface area (Å²) in [6, 6.07) is 0. The van der Waals surface area contributed by atoms with Crippen LogP contribution in [0, 0.1) is 0 Å². The molecule has 0 aliphatic carbocycles. The van der Waals surface area contributed by atoms with Crippen molar-refractivity contribution in [3.05, 3.63) is 27.2 Å². The van der Waals surface area contributed by atoms with Gasteiger partial charge in [0.2, 0.25) is 6.33 Å². The Hall–Kier alpha value is -2.42. The number of carbonyl (C=O) groups is 1. The normalized spacial score (nSPS) is 16.0. The number of imidazole rings is 1. The van der Waals surface area contributed by atoms with Gasteiger partial charge in [-0.1, -0.05) is 6.92 Å². The number of fused-ring (bicyclic) bond motifs is 1. The molecule has 2 aromatic rings. The van der Waals surface area contributed by atoms with Crippen LogP contribution >= 0.6 is 0 Å². The Morgan fingerprint density at radius 2 is 1.83 bits per heavy atom. The molecule has 0 atom stereocenters. The van der Waals surface area contributed by atoms with Gasteiger partial charge >= 0.3 is 11.2 Å². The van der Waals surface area contributed by atoms with Crippen molar-refractivity contribution in [2.24, 2.45) is 14.1 Å². The molecule has 0 aromatic carbocycles. The molecule has 0 unspecified atom stereocenters. The number of H-pyrrole nitrogens is 1. The van der Waals surface area contributed by atoms with Gasteiger partial charge in [-0.3, -0.25) is 18.7 Å². The molecule has 3 rings (SSSR count). The molecule has 0 radical (unpaired) electrons. The van der Waals surface area contributed by atoms with Gasteiger partial charge in [0.05, 0.1) is 0 Å². The van der Waals surface area contributed by atoms with Crippen LogP contribution in [-0.2, 0) is 25.4 Å². The van der Waals surface area contributed by atoms with Gasteiger partial charge in [0.25, 0.3) is 17.1 Å². The van der Waals surface area contributed by atoms with Crippen LogP contribution in [0.25, 0.3) is 11.2 Å². The number of nitrogens with one attached hydrogen (secondary N) is 1. The highest BCUT2D eigenvalue weighted by atomic mass is 16.2. The first-order valence-corrected chi connectivity index (χ1v) is 8.10. The van der Waals surface area contributed by atoms with E-state index in [1.54, 1.807) is 17.9 Å². The summed E-state index contributed by atoms with van der Waals surface area (Å²) in [6.45, 7) is 6.33. The fourth-order valence-corrected chi connectivity index (χ4v) is 3.14. The quantitative estimate of drug-likeness (QED) is 0.659. The summed E-state index contributed by atoms with van der Waals surface area (Å²) in [6.07, 6.45) is 1.58. The van der Waals surface area contributed by atoms with E-state index in [0.29, 0.717) is 24.3 Å². The fraction of sp³-hybridized carbons (Fsp3) is 0.600. The van der Waals surface area contributed by atoms with Gasteiger partial charge in [0.15, 0.2) is 6.54 Å². The van der Waals surface area contributed by atoms with Crippen molar-refractivity contribution in [1.29, 1.82) is 0 Å². The smallest absolute Gasteiger partial charge is 0.333 e. The molecular formula is C15H23N6O3+. The summed E-state index contributed by atoms with van der Waals surface area (Å²) in [7, 11) is 3.03. The first-order chi connectivity index (χ1) is 11.4. The molecule has 1 fully saturated rings. The van der Waals surface area contributed by atoms with E-state index in [-0.39, 0.29) is 12.5 Å². The zero-order valence-electron chi connectivity index (χ0n) is 14.3. The molecule has 3 heterocycles. The van der Waals surface area contributed by atoms with Crippen LogP contribution in [0.5, 0.6) is 0 Å². The summed E-state index contributed by atoms with van der Waals surface area (Å²) in [5.74, 6) is -0.0208. The summed E-state index contributed by atoms with van der Waals surface area (Å²) >= 11 is 0. The Morgan fingerprint density at radius 3 is 2.46 bits per heavy atom. The topological polar surface area (TPSA) is 87.2 Å². The first kappa shape index (κ1) is 16.4. The number of carbonyl (C=O) groups excluding carboxylic acids is 1. The third kappa shape index (κ3) is 2.64. The Morgan fingerprint density at radius 1 is 1.17 bits per heavy atom. The van der Waals surface area contributed by atoms with E-state index in [1.165, 1.54) is 11.6 Å². The molecule has 1 N–H and O–H groups in total. The SMILES string of the molecule is CCN1CCN(C(=O)C[n+]2c[nH]c3c2c(=O)n(C)c(=O)n3C)CC1. The van der Waals surface area contributed by atoms with Gasteiger partial charge in [0, 0.05) is 40.3 Å². The van der Waals surface area contributed by atoms with Gasteiger partial charge in [0.1, 0.15) is 0 Å². The minimum atomic E-state index is -0.405. The predicted octanol–water partition coefficient (Wildman–Crippen LogP) is -1.98. The number of rotatable bonds is 3. The number of hydrogen-bond acceptors (Lipinski definition) is 4. The zero-order chi connectivity index (χ0) is 17.4. The van der Waals surface area contributed by atoms with Crippen molar-refractivity contribution >= 4 is 17.1 Å². The van der Waals surface area contributed by atoms with Crippen molar-refractivity contribution in [3.63, 3.8) is 0 Å². The van der Waals surface area contributed by atoms with Gasteiger partial charge in [-0.25, -0.2) is 14.3 Å². The maximum atomic E-state index is 12.5. The largest absolute Gasteiger partial charge is 0.337 e. The van der Waals surface area contributed by atoms with Crippen molar-refractivity contribution in [2.45, 2.75) is 13.5 Å². The number of aromatic amines is 1. The maximum Gasteiger partial charge on any atom is 0.333 e. The van der Waals surface area contributed by atoms with Gasteiger partial charge in [-0.2, -0.15) is 0 Å². The zero-order valence-corrected chi connectivity index (χ0v) is 14.3. The monoisotopic (exact) mass is 335 g/mol. The number of aryl methyl sites for hydroxylation is 1. The van der Waals surface area contributed by atoms with Crippen LogP contribution in [0.15, 0.2) is 15.9 Å². The van der Waals surface area contributed by atoms with Crippen LogP contribution in [0.4, 0.5) is 0 Å². The molecular weight excluding hydrogens is 312 g/mol. The number of hydrogen-bond donors (Lipinski definition) is 1. The van der Waals surface area contributed by atoms with Crippen LogP contribution < -0.4 is 15.8 Å². The van der Waals surface area contributed by atoms with Crippen LogP contribution in [0.1, 0.15) is 6.92 Å². The number of nitrogens with zero attached hydrogens (tertiary/aromatic N) is 5. The summed E-state index contributed by atoms with van der Waals surface area (Å²) in [5.41, 5.74) is -0.0479. The van der Waals surface area contributed by atoms with E-state index in [4.69, 9.17) is 0 Å². The minimum Gasteiger partial charge on any atom is -0.337 e. The molecule has 130 valence electrons. The van der Waals surface area contributed by atoms with E-state index < -0.39 is 11.2 Å². The number of likely N-dealkylation sites (N-methyl/N-ethyl adjacent to an activating group) is 1. The predicted molar refractivity (Wildman–Crippen MR) is 87.7 cm³/mol. The highest BCUT2D eigenvalue weighted by Crippen LogP contribution is 2.03. The molecule has 24 heavy (non-hydrogen) atoms. The van der Waals surface area contributed by atoms with Crippen molar-refractivity contribution in [3.8, 4) is 0 Å².